The van der Waals surface area contributed by atoms with Crippen molar-refractivity contribution in [3.63, 3.8) is 0 Å². The lowest BCUT2D eigenvalue weighted by Crippen LogP contribution is -2.70. The zero-order chi connectivity index (χ0) is 65.6. The molecule has 0 aliphatic heterocycles. The number of benzene rings is 4. The van der Waals surface area contributed by atoms with Crippen LogP contribution >= 0.6 is 0 Å². The summed E-state index contributed by atoms with van der Waals surface area (Å²) in [6.07, 6.45) is -4.65. The summed E-state index contributed by atoms with van der Waals surface area (Å²) in [4.78, 5) is 62.6. The molecule has 1 unspecified atom stereocenters. The van der Waals surface area contributed by atoms with Crippen LogP contribution in [0, 0.1) is 5.41 Å². The topological polar surface area (TPSA) is 219 Å². The van der Waals surface area contributed by atoms with Gasteiger partial charge >= 0.3 is 5.97 Å². The van der Waals surface area contributed by atoms with E-state index in [-0.39, 0.29) is 48.7 Å². The van der Waals surface area contributed by atoms with Gasteiger partial charge in [-0.2, -0.15) is 0 Å². The van der Waals surface area contributed by atoms with E-state index in [0.29, 0.717) is 66.8 Å². The first-order valence-electron chi connectivity index (χ1n) is 30.5. The Morgan fingerprint density at radius 2 is 0.553 bits per heavy atom. The molecule has 0 aliphatic carbocycles. The van der Waals surface area contributed by atoms with Crippen molar-refractivity contribution in [3.8, 4) is 23.0 Å². The summed E-state index contributed by atoms with van der Waals surface area (Å²) < 4.78 is 6.50. The van der Waals surface area contributed by atoms with Gasteiger partial charge in [-0.3, -0.25) is 19.2 Å². The molecular formula is C73H108O12. The van der Waals surface area contributed by atoms with Gasteiger partial charge in [0.1, 0.15) is 34.5 Å². The van der Waals surface area contributed by atoms with Gasteiger partial charge in [0.05, 0.1) is 13.2 Å². The molecule has 0 radical (unpaired) electrons. The molecule has 85 heavy (non-hydrogen) atoms. The fourth-order valence-electron chi connectivity index (χ4n) is 11.5. The molecule has 7 N–H and O–H groups in total. The van der Waals surface area contributed by atoms with Gasteiger partial charge in [-0.15, -0.1) is 0 Å². The SMILES string of the molecule is CC(C)(C)c1cc(CCC(=O)OC(C(=O)CCc2cc(C(C)(C)C)c(O)c(C(C)(C)C)c2)(C(=O)CCc2cc(C(C)(C)C)c(O)c(C(C)(C)C)c2)C(CO)(CO)C(O)C(=O)CCc2cc(C(C)(C)C)c(O)c(C(C)(C)C)c2)cc(C(C)(C)C)c1O. The summed E-state index contributed by atoms with van der Waals surface area (Å²) in [5.41, 5.74) is -3.02. The van der Waals surface area contributed by atoms with Crippen molar-refractivity contribution >= 4 is 23.3 Å². The first kappa shape index (κ1) is 71.9. The Bertz CT molecular complexity index is 2850. The summed E-state index contributed by atoms with van der Waals surface area (Å²) in [5.74, 6) is -3.73. The fraction of sp³-hybridized carbons (Fsp3) is 0.616. The monoisotopic (exact) mass is 1180 g/mol. The number of phenols is 4. The minimum Gasteiger partial charge on any atom is -0.507 e. The first-order valence-corrected chi connectivity index (χ1v) is 30.5. The molecule has 0 aromatic heterocycles. The van der Waals surface area contributed by atoms with E-state index in [1.54, 1.807) is 36.4 Å². The summed E-state index contributed by atoms with van der Waals surface area (Å²) in [6, 6.07) is 14.4. The van der Waals surface area contributed by atoms with Gasteiger partial charge in [0, 0.05) is 25.7 Å². The zero-order valence-electron chi connectivity index (χ0n) is 56.4. The van der Waals surface area contributed by atoms with Crippen LogP contribution in [0.2, 0.25) is 0 Å². The van der Waals surface area contributed by atoms with Crippen LogP contribution in [0.5, 0.6) is 23.0 Å². The molecule has 4 rings (SSSR count). The Balaban J connectivity index is 2.09. The highest BCUT2D eigenvalue weighted by Gasteiger charge is 2.67. The average molecular weight is 1180 g/mol. The van der Waals surface area contributed by atoms with Crippen LogP contribution < -0.4 is 0 Å². The Morgan fingerprint density at radius 1 is 0.353 bits per heavy atom. The molecule has 12 heteroatoms. The van der Waals surface area contributed by atoms with Crippen molar-refractivity contribution in [1.29, 1.82) is 0 Å². The minimum absolute atomic E-state index is 0.00380. The smallest absolute Gasteiger partial charge is 0.307 e. The molecule has 4 aromatic carbocycles. The van der Waals surface area contributed by atoms with Crippen molar-refractivity contribution in [3.05, 3.63) is 115 Å². The molecule has 0 aliphatic rings. The molecule has 4 aromatic rings. The number of esters is 1. The second-order valence-corrected chi connectivity index (χ2v) is 32.5. The predicted octanol–water partition coefficient (Wildman–Crippen LogP) is 14.0. The molecule has 472 valence electrons. The summed E-state index contributed by atoms with van der Waals surface area (Å²) >= 11 is 0. The number of ketones is 3. The van der Waals surface area contributed by atoms with E-state index < -0.39 is 123 Å². The summed E-state index contributed by atoms with van der Waals surface area (Å²) in [5, 5.41) is 83.4. The van der Waals surface area contributed by atoms with Gasteiger partial charge in [-0.1, -0.05) is 215 Å². The van der Waals surface area contributed by atoms with Crippen LogP contribution in [-0.2, 0) is 92.9 Å². The number of phenolic OH excluding ortho intramolecular Hbond substituents is 4. The van der Waals surface area contributed by atoms with E-state index in [1.807, 2.05) is 178 Å². The molecule has 0 bridgehead atoms. The highest BCUT2D eigenvalue weighted by molar-refractivity contribution is 6.13. The average Bonchev–Trinajstić information content (AvgIpc) is 0.916. The predicted molar refractivity (Wildman–Crippen MR) is 342 cm³/mol. The molecular weight excluding hydrogens is 1070 g/mol. The van der Waals surface area contributed by atoms with Crippen LogP contribution in [0.15, 0.2) is 48.5 Å². The van der Waals surface area contributed by atoms with Crippen LogP contribution in [0.25, 0.3) is 0 Å². The lowest BCUT2D eigenvalue weighted by Gasteiger charge is -2.47. The highest BCUT2D eigenvalue weighted by Crippen LogP contribution is 2.47. The molecule has 0 saturated carbocycles. The molecule has 12 nitrogen and oxygen atoms in total. The number of aliphatic hydroxyl groups excluding tert-OH is 3. The van der Waals surface area contributed by atoms with E-state index in [9.17, 15) is 35.7 Å². The van der Waals surface area contributed by atoms with Gasteiger partial charge < -0.3 is 40.5 Å². The molecule has 0 saturated heterocycles. The van der Waals surface area contributed by atoms with Gasteiger partial charge in [-0.25, -0.2) is 0 Å². The second-order valence-electron chi connectivity index (χ2n) is 32.5. The Labute approximate surface area is 510 Å². The highest BCUT2D eigenvalue weighted by atomic mass is 16.6. The summed E-state index contributed by atoms with van der Waals surface area (Å²) in [6.45, 7) is 44.2. The largest absolute Gasteiger partial charge is 0.507 e. The van der Waals surface area contributed by atoms with Crippen LogP contribution in [0.4, 0.5) is 0 Å². The molecule has 0 heterocycles. The number of Topliss-reactive ketones (excluding diaryl/α,β-unsaturated/α-hetero) is 3. The molecule has 0 amide bonds. The van der Waals surface area contributed by atoms with Gasteiger partial charge in [0.2, 0.25) is 5.60 Å². The zero-order valence-corrected chi connectivity index (χ0v) is 56.4. The second kappa shape index (κ2) is 25.3. The Kier molecular flexibility index (Phi) is 21.4. The maximum Gasteiger partial charge on any atom is 0.307 e. The third-order valence-electron chi connectivity index (χ3n) is 16.8. The van der Waals surface area contributed by atoms with E-state index >= 15 is 19.2 Å². The summed E-state index contributed by atoms with van der Waals surface area (Å²) in [7, 11) is 0. The molecule has 0 fully saturated rings. The van der Waals surface area contributed by atoms with Crippen molar-refractivity contribution < 1.29 is 59.7 Å². The van der Waals surface area contributed by atoms with Crippen LogP contribution in [-0.4, -0.2) is 84.0 Å². The number of ether oxygens (including phenoxy) is 1. The number of hydrogen-bond acceptors (Lipinski definition) is 12. The number of aliphatic hydroxyl groups is 3. The van der Waals surface area contributed by atoms with E-state index in [4.69, 9.17) is 4.74 Å². The molecule has 0 spiro atoms. The third kappa shape index (κ3) is 16.2. The number of aryl methyl sites for hydroxylation is 4. The van der Waals surface area contributed by atoms with E-state index in [2.05, 4.69) is 0 Å². The Morgan fingerprint density at radius 3 is 0.753 bits per heavy atom. The number of carbonyl (C=O) groups is 4. The van der Waals surface area contributed by atoms with E-state index in [1.165, 1.54) is 0 Å². The van der Waals surface area contributed by atoms with Crippen molar-refractivity contribution in [2.24, 2.45) is 5.41 Å². The lowest BCUT2D eigenvalue weighted by molar-refractivity contribution is -0.212. The van der Waals surface area contributed by atoms with Crippen LogP contribution in [0.1, 0.15) is 259 Å². The number of rotatable bonds is 20. The van der Waals surface area contributed by atoms with E-state index in [0.717, 1.165) is 0 Å². The van der Waals surface area contributed by atoms with Gasteiger partial charge in [0.25, 0.3) is 0 Å². The van der Waals surface area contributed by atoms with Crippen molar-refractivity contribution in [2.75, 3.05) is 13.2 Å². The lowest BCUT2D eigenvalue weighted by atomic mass is 9.61. The Hall–Kier alpha value is -5.56. The van der Waals surface area contributed by atoms with Crippen LogP contribution in [0.3, 0.4) is 0 Å². The molecule has 1 atom stereocenters. The van der Waals surface area contributed by atoms with Gasteiger partial charge in [-0.05, 0) is 136 Å². The van der Waals surface area contributed by atoms with Gasteiger partial charge in [0.15, 0.2) is 17.3 Å². The van der Waals surface area contributed by atoms with Crippen molar-refractivity contribution in [2.45, 2.75) is 273 Å². The standard InChI is InChI=1S/C73H108O12/c1-64(2,3)47-33-43(34-48(59(47)80)65(4,5)6)25-29-55(76)63(84)72(41-74,42-75)73(56(77)30-26-44-35-49(66(7,8)9)60(81)50(36-44)67(10,11)12,57(78)31-27-45-37-51(68(13,14)15)61(82)52(38-45)69(16,17)18)85-58(79)32-28-46-39-53(70(19,20)21)62(83)54(40-46)71(22,23)24/h33-40,63,74-75,80-84H,25-32,41-42H2,1-24H3. The third-order valence-corrected chi connectivity index (χ3v) is 16.8. The quantitative estimate of drug-likeness (QED) is 0.0325. The number of carbonyl (C=O) groups excluding carboxylic acids is 4. The minimum atomic E-state index is -3.21. The fourth-order valence-corrected chi connectivity index (χ4v) is 11.5. The number of aromatic hydroxyl groups is 4. The maximum atomic E-state index is 16.2. The normalized spacial score (nSPS) is 13.9. The maximum absolute atomic E-state index is 16.2. The first-order chi connectivity index (χ1) is 38.3. The number of hydrogen-bond donors (Lipinski definition) is 7. The van der Waals surface area contributed by atoms with Crippen molar-refractivity contribution in [1.82, 2.24) is 0 Å².